The average Bonchev–Trinajstić information content (AvgIpc) is 2.04. The molecule has 0 unspecified atom stereocenters. The molecule has 0 heterocycles. The molecular weight excluding hydrogens is 176 g/mol. The molecule has 1 aromatic rings. The van der Waals surface area contributed by atoms with Crippen molar-refractivity contribution in [2.24, 2.45) is 0 Å². The van der Waals surface area contributed by atoms with E-state index in [0.717, 1.165) is 5.56 Å². The third kappa shape index (κ3) is 2.01. The second-order valence-electron chi connectivity index (χ2n) is 4.69. The van der Waals surface area contributed by atoms with E-state index in [-0.39, 0.29) is 0 Å². The molecule has 1 N–H and O–H groups in total. The van der Waals surface area contributed by atoms with Gasteiger partial charge < -0.3 is 5.11 Å². The quantitative estimate of drug-likeness (QED) is 0.718. The fourth-order valence-electron chi connectivity index (χ4n) is 1.20. The van der Waals surface area contributed by atoms with Crippen LogP contribution in [0.15, 0.2) is 30.3 Å². The highest BCUT2D eigenvalue weighted by molar-refractivity contribution is 6.78. The second kappa shape index (κ2) is 3.27. The average molecular weight is 194 g/mol. The first kappa shape index (κ1) is 10.5. The Morgan fingerprint density at radius 2 is 1.54 bits per heavy atom. The fourth-order valence-corrected chi connectivity index (χ4v) is 2.23. The first-order valence-corrected chi connectivity index (χ1v) is 8.13. The Balaban J connectivity index is 3.08. The van der Waals surface area contributed by atoms with Crippen molar-refractivity contribution in [3.8, 4) is 0 Å². The maximum atomic E-state index is 10.4. The molecule has 1 aromatic carbocycles. The van der Waals surface area contributed by atoms with Crippen molar-refractivity contribution in [2.45, 2.75) is 31.8 Å². The predicted molar refractivity (Wildman–Crippen MR) is 59.4 cm³/mol. The molecule has 72 valence electrons. The molecule has 2 heteroatoms. The van der Waals surface area contributed by atoms with E-state index in [2.05, 4.69) is 19.6 Å². The van der Waals surface area contributed by atoms with E-state index in [0.29, 0.717) is 0 Å². The maximum absolute atomic E-state index is 10.4. The van der Waals surface area contributed by atoms with E-state index in [9.17, 15) is 5.11 Å². The lowest BCUT2D eigenvalue weighted by Crippen LogP contribution is -2.47. The molecular formula is C11H18OSi. The van der Waals surface area contributed by atoms with Gasteiger partial charge >= 0.3 is 0 Å². The molecule has 1 nitrogen and oxygen atoms in total. The van der Waals surface area contributed by atoms with Gasteiger partial charge in [0.15, 0.2) is 0 Å². The van der Waals surface area contributed by atoms with Gasteiger partial charge in [-0.3, -0.25) is 0 Å². The van der Waals surface area contributed by atoms with Crippen LogP contribution in [-0.2, 0) is 5.22 Å². The molecule has 0 radical (unpaired) electrons. The Kier molecular flexibility index (Phi) is 2.64. The fraction of sp³-hybridized carbons (Fsp3) is 0.455. The van der Waals surface area contributed by atoms with E-state index in [1.807, 2.05) is 37.3 Å². The first-order chi connectivity index (χ1) is 5.86. The lowest BCUT2D eigenvalue weighted by Gasteiger charge is -2.35. The molecule has 0 fully saturated rings. The molecule has 0 bridgehead atoms. The molecule has 13 heavy (non-hydrogen) atoms. The van der Waals surface area contributed by atoms with Crippen molar-refractivity contribution >= 4 is 8.07 Å². The molecule has 0 aliphatic rings. The Labute approximate surface area is 81.4 Å². The van der Waals surface area contributed by atoms with Crippen LogP contribution in [0.1, 0.15) is 12.5 Å². The highest BCUT2D eigenvalue weighted by Gasteiger charge is 2.38. The summed E-state index contributed by atoms with van der Waals surface area (Å²) < 4.78 is 0. The predicted octanol–water partition coefficient (Wildman–Crippen LogP) is 2.77. The molecule has 0 spiro atoms. The minimum atomic E-state index is -1.57. The topological polar surface area (TPSA) is 20.2 Å². The summed E-state index contributed by atoms with van der Waals surface area (Å²) in [5.74, 6) is 0. The summed E-state index contributed by atoms with van der Waals surface area (Å²) in [6.45, 7) is 8.47. The van der Waals surface area contributed by atoms with Crippen LogP contribution in [0, 0.1) is 0 Å². The van der Waals surface area contributed by atoms with Crippen molar-refractivity contribution in [3.05, 3.63) is 35.9 Å². The zero-order valence-electron chi connectivity index (χ0n) is 8.83. The number of hydrogen-bond donors (Lipinski definition) is 1. The summed E-state index contributed by atoms with van der Waals surface area (Å²) in [4.78, 5) is 0. The van der Waals surface area contributed by atoms with Gasteiger partial charge in [0.25, 0.3) is 0 Å². The Bertz CT molecular complexity index is 272. The van der Waals surface area contributed by atoms with Crippen LogP contribution < -0.4 is 0 Å². The van der Waals surface area contributed by atoms with Crippen LogP contribution in [0.25, 0.3) is 0 Å². The van der Waals surface area contributed by atoms with Crippen molar-refractivity contribution in [1.29, 1.82) is 0 Å². The van der Waals surface area contributed by atoms with Gasteiger partial charge in [-0.25, -0.2) is 0 Å². The summed E-state index contributed by atoms with van der Waals surface area (Å²) in [5.41, 5.74) is 1.04. The molecule has 1 rings (SSSR count). The van der Waals surface area contributed by atoms with Gasteiger partial charge in [0, 0.05) is 0 Å². The van der Waals surface area contributed by atoms with E-state index in [1.54, 1.807) is 0 Å². The molecule has 0 amide bonds. The summed E-state index contributed by atoms with van der Waals surface area (Å²) in [7, 11) is -1.57. The van der Waals surface area contributed by atoms with Crippen LogP contribution in [0.3, 0.4) is 0 Å². The smallest absolute Gasteiger partial charge is 0.0874 e. The van der Waals surface area contributed by atoms with Crippen molar-refractivity contribution < 1.29 is 5.11 Å². The van der Waals surface area contributed by atoms with Gasteiger partial charge in [-0.15, -0.1) is 0 Å². The second-order valence-corrected chi connectivity index (χ2v) is 10.2. The highest BCUT2D eigenvalue weighted by atomic mass is 28.3. The maximum Gasteiger partial charge on any atom is 0.0874 e. The SMILES string of the molecule is C[C@@](O)(c1ccccc1)[Si](C)(C)C. The Morgan fingerprint density at radius 3 is 1.92 bits per heavy atom. The third-order valence-electron chi connectivity index (χ3n) is 2.80. The summed E-state index contributed by atoms with van der Waals surface area (Å²) in [6.07, 6.45) is 0. The van der Waals surface area contributed by atoms with Gasteiger partial charge in [0.2, 0.25) is 0 Å². The highest BCUT2D eigenvalue weighted by Crippen LogP contribution is 2.30. The Hall–Kier alpha value is -0.603. The van der Waals surface area contributed by atoms with Crippen LogP contribution >= 0.6 is 0 Å². The van der Waals surface area contributed by atoms with Gasteiger partial charge in [-0.2, -0.15) is 0 Å². The molecule has 0 saturated heterocycles. The van der Waals surface area contributed by atoms with E-state index >= 15 is 0 Å². The first-order valence-electron chi connectivity index (χ1n) is 4.63. The van der Waals surface area contributed by atoms with Gasteiger partial charge in [0.05, 0.1) is 13.3 Å². The minimum absolute atomic E-state index is 0.631. The zero-order chi connectivity index (χ0) is 10.1. The largest absolute Gasteiger partial charge is 0.389 e. The van der Waals surface area contributed by atoms with Crippen LogP contribution in [0.2, 0.25) is 19.6 Å². The monoisotopic (exact) mass is 194 g/mol. The lowest BCUT2D eigenvalue weighted by molar-refractivity contribution is 0.136. The van der Waals surface area contributed by atoms with Gasteiger partial charge in [-0.05, 0) is 12.5 Å². The molecule has 0 aliphatic carbocycles. The van der Waals surface area contributed by atoms with E-state index in [1.165, 1.54) is 0 Å². The zero-order valence-corrected chi connectivity index (χ0v) is 9.83. The number of rotatable bonds is 2. The molecule has 0 aliphatic heterocycles. The van der Waals surface area contributed by atoms with Crippen LogP contribution in [-0.4, -0.2) is 13.2 Å². The minimum Gasteiger partial charge on any atom is -0.389 e. The van der Waals surface area contributed by atoms with Crippen molar-refractivity contribution in [2.75, 3.05) is 0 Å². The van der Waals surface area contributed by atoms with Gasteiger partial charge in [0.1, 0.15) is 0 Å². The lowest BCUT2D eigenvalue weighted by atomic mass is 10.1. The normalized spacial score (nSPS) is 16.7. The van der Waals surface area contributed by atoms with Crippen molar-refractivity contribution in [3.63, 3.8) is 0 Å². The third-order valence-corrected chi connectivity index (χ3v) is 6.01. The van der Waals surface area contributed by atoms with Crippen molar-refractivity contribution in [1.82, 2.24) is 0 Å². The molecule has 1 atom stereocenters. The van der Waals surface area contributed by atoms with E-state index < -0.39 is 13.3 Å². The van der Waals surface area contributed by atoms with E-state index in [4.69, 9.17) is 0 Å². The standard InChI is InChI=1S/C11H18OSi/c1-11(12,13(2,3)4)10-8-6-5-7-9-10/h5-9,12H,1-4H3/t11-/m0/s1. The summed E-state index contributed by atoms with van der Waals surface area (Å²) in [6, 6.07) is 9.92. The summed E-state index contributed by atoms with van der Waals surface area (Å²) in [5, 5.41) is 9.75. The molecule has 0 saturated carbocycles. The Morgan fingerprint density at radius 1 is 1.08 bits per heavy atom. The van der Waals surface area contributed by atoms with Crippen LogP contribution in [0.4, 0.5) is 0 Å². The number of benzene rings is 1. The molecule has 0 aromatic heterocycles. The summed E-state index contributed by atoms with van der Waals surface area (Å²) >= 11 is 0. The number of hydrogen-bond acceptors (Lipinski definition) is 1. The van der Waals surface area contributed by atoms with Gasteiger partial charge in [-0.1, -0.05) is 50.0 Å². The van der Waals surface area contributed by atoms with Crippen LogP contribution in [0.5, 0.6) is 0 Å². The number of aliphatic hydroxyl groups is 1.